The van der Waals surface area contributed by atoms with E-state index in [1.165, 1.54) is 16.9 Å². The van der Waals surface area contributed by atoms with Crippen LogP contribution in [0.5, 0.6) is 0 Å². The predicted molar refractivity (Wildman–Crippen MR) is 82.3 cm³/mol. The van der Waals surface area contributed by atoms with Crippen LogP contribution in [0.4, 0.5) is 5.69 Å². The number of hydrogen-bond acceptors (Lipinski definition) is 3. The van der Waals surface area contributed by atoms with Gasteiger partial charge in [-0.25, -0.2) is 0 Å². The van der Waals surface area contributed by atoms with Crippen molar-refractivity contribution < 1.29 is 0 Å². The highest BCUT2D eigenvalue weighted by molar-refractivity contribution is 7.16. The third-order valence-corrected chi connectivity index (χ3v) is 4.98. The average molecular weight is 293 g/mol. The van der Waals surface area contributed by atoms with Gasteiger partial charge in [0.05, 0.1) is 21.8 Å². The fourth-order valence-electron chi connectivity index (χ4n) is 2.70. The van der Waals surface area contributed by atoms with Gasteiger partial charge in [0.25, 0.3) is 0 Å². The molecule has 0 fully saturated rings. The van der Waals surface area contributed by atoms with Crippen molar-refractivity contribution in [3.8, 4) is 0 Å². The normalized spacial score (nSPS) is 18.2. The van der Waals surface area contributed by atoms with Crippen LogP contribution in [-0.4, -0.2) is 4.98 Å². The maximum atomic E-state index is 6.15. The van der Waals surface area contributed by atoms with Gasteiger partial charge in [0.15, 0.2) is 0 Å². The van der Waals surface area contributed by atoms with Gasteiger partial charge in [-0.05, 0) is 56.9 Å². The Hall–Kier alpha value is -1.06. The van der Waals surface area contributed by atoms with Crippen LogP contribution in [0, 0.1) is 13.8 Å². The summed E-state index contributed by atoms with van der Waals surface area (Å²) in [6.07, 6.45) is 3.54. The lowest BCUT2D eigenvalue weighted by Gasteiger charge is -2.25. The Bertz CT molecular complexity index is 606. The zero-order chi connectivity index (χ0) is 13.4. The molecule has 1 aliphatic rings. The van der Waals surface area contributed by atoms with Crippen LogP contribution >= 0.6 is 22.9 Å². The highest BCUT2D eigenvalue weighted by Crippen LogP contribution is 2.39. The summed E-state index contributed by atoms with van der Waals surface area (Å²) in [4.78, 5) is 5.95. The predicted octanol–water partition coefficient (Wildman–Crippen LogP) is 4.90. The minimum absolute atomic E-state index is 0.371. The van der Waals surface area contributed by atoms with Crippen molar-refractivity contribution >= 4 is 28.6 Å². The standard InChI is InChI=1S/C15H17ClN2S/c1-9-6-7-12(10(2)17-9)18-13-4-3-5-14-11(13)8-15(16)19-14/h6-8,13,18H,3-5H2,1-2H3. The molecular formula is C15H17ClN2S. The van der Waals surface area contributed by atoms with Gasteiger partial charge in [-0.1, -0.05) is 11.6 Å². The zero-order valence-corrected chi connectivity index (χ0v) is 12.7. The minimum Gasteiger partial charge on any atom is -0.377 e. The van der Waals surface area contributed by atoms with Crippen LogP contribution in [0.1, 0.15) is 40.7 Å². The lowest BCUT2D eigenvalue weighted by molar-refractivity contribution is 0.608. The SMILES string of the molecule is Cc1ccc(NC2CCCc3sc(Cl)cc32)c(C)n1. The van der Waals surface area contributed by atoms with E-state index >= 15 is 0 Å². The second-order valence-electron chi connectivity index (χ2n) is 5.10. The molecule has 100 valence electrons. The van der Waals surface area contributed by atoms with Gasteiger partial charge in [0, 0.05) is 10.6 Å². The fourth-order valence-corrected chi connectivity index (χ4v) is 4.08. The molecule has 0 amide bonds. The van der Waals surface area contributed by atoms with Gasteiger partial charge < -0.3 is 5.32 Å². The summed E-state index contributed by atoms with van der Waals surface area (Å²) in [5.41, 5.74) is 4.63. The lowest BCUT2D eigenvalue weighted by Crippen LogP contribution is -2.16. The number of nitrogens with one attached hydrogen (secondary N) is 1. The Balaban J connectivity index is 1.88. The lowest BCUT2D eigenvalue weighted by atomic mass is 9.94. The van der Waals surface area contributed by atoms with Crippen molar-refractivity contribution in [1.29, 1.82) is 0 Å². The molecule has 0 bridgehead atoms. The van der Waals surface area contributed by atoms with Gasteiger partial charge in [0.2, 0.25) is 0 Å². The Labute approximate surface area is 122 Å². The van der Waals surface area contributed by atoms with Crippen LogP contribution in [-0.2, 0) is 6.42 Å². The first-order chi connectivity index (χ1) is 9.13. The van der Waals surface area contributed by atoms with E-state index in [0.717, 1.165) is 34.3 Å². The topological polar surface area (TPSA) is 24.9 Å². The summed E-state index contributed by atoms with van der Waals surface area (Å²) in [5, 5.41) is 3.63. The van der Waals surface area contributed by atoms with Gasteiger partial charge in [-0.2, -0.15) is 0 Å². The van der Waals surface area contributed by atoms with E-state index in [-0.39, 0.29) is 0 Å². The van der Waals surface area contributed by atoms with E-state index in [9.17, 15) is 0 Å². The molecule has 2 nitrogen and oxygen atoms in total. The first-order valence-corrected chi connectivity index (χ1v) is 7.82. The van der Waals surface area contributed by atoms with Crippen molar-refractivity contribution in [2.24, 2.45) is 0 Å². The number of rotatable bonds is 2. The number of aromatic nitrogens is 1. The molecular weight excluding hydrogens is 276 g/mol. The van der Waals surface area contributed by atoms with Crippen LogP contribution in [0.2, 0.25) is 4.34 Å². The zero-order valence-electron chi connectivity index (χ0n) is 11.2. The largest absolute Gasteiger partial charge is 0.377 e. The van der Waals surface area contributed by atoms with Gasteiger partial charge in [-0.15, -0.1) is 11.3 Å². The third kappa shape index (κ3) is 2.63. The number of fused-ring (bicyclic) bond motifs is 1. The second kappa shape index (κ2) is 5.14. The molecule has 2 aromatic rings. The quantitative estimate of drug-likeness (QED) is 0.851. The molecule has 0 saturated carbocycles. The monoisotopic (exact) mass is 292 g/mol. The summed E-state index contributed by atoms with van der Waals surface area (Å²) < 4.78 is 0.900. The van der Waals surface area contributed by atoms with E-state index in [1.807, 2.05) is 6.92 Å². The van der Waals surface area contributed by atoms with E-state index in [2.05, 4.69) is 35.4 Å². The molecule has 1 aliphatic carbocycles. The summed E-state index contributed by atoms with van der Waals surface area (Å²) in [7, 11) is 0. The maximum absolute atomic E-state index is 6.15. The smallest absolute Gasteiger partial charge is 0.0934 e. The number of thiophene rings is 1. The summed E-state index contributed by atoms with van der Waals surface area (Å²) in [6.45, 7) is 4.08. The molecule has 2 aromatic heterocycles. The number of aryl methyl sites for hydroxylation is 3. The van der Waals surface area contributed by atoms with Crippen LogP contribution in [0.3, 0.4) is 0 Å². The van der Waals surface area contributed by atoms with Crippen molar-refractivity contribution in [2.45, 2.75) is 39.2 Å². The van der Waals surface area contributed by atoms with E-state index < -0.39 is 0 Å². The molecule has 3 rings (SSSR count). The molecule has 0 aromatic carbocycles. The Morgan fingerprint density at radius 2 is 2.21 bits per heavy atom. The van der Waals surface area contributed by atoms with E-state index in [1.54, 1.807) is 11.3 Å². The third-order valence-electron chi connectivity index (χ3n) is 3.64. The number of pyridine rings is 1. The van der Waals surface area contributed by atoms with Crippen molar-refractivity contribution in [3.05, 3.63) is 44.4 Å². The van der Waals surface area contributed by atoms with Crippen LogP contribution in [0.25, 0.3) is 0 Å². The molecule has 2 heterocycles. The van der Waals surface area contributed by atoms with Gasteiger partial charge in [-0.3, -0.25) is 4.98 Å². The number of nitrogens with zero attached hydrogens (tertiary/aromatic N) is 1. The van der Waals surface area contributed by atoms with Crippen molar-refractivity contribution in [1.82, 2.24) is 4.98 Å². The number of hydrogen-bond donors (Lipinski definition) is 1. The highest BCUT2D eigenvalue weighted by Gasteiger charge is 2.23. The first-order valence-electron chi connectivity index (χ1n) is 6.62. The number of anilines is 1. The minimum atomic E-state index is 0.371. The Morgan fingerprint density at radius 1 is 1.37 bits per heavy atom. The number of halogens is 1. The molecule has 0 aliphatic heterocycles. The van der Waals surface area contributed by atoms with Gasteiger partial charge >= 0.3 is 0 Å². The fraction of sp³-hybridized carbons (Fsp3) is 0.400. The molecule has 1 N–H and O–H groups in total. The van der Waals surface area contributed by atoms with E-state index in [4.69, 9.17) is 11.6 Å². The maximum Gasteiger partial charge on any atom is 0.0934 e. The summed E-state index contributed by atoms with van der Waals surface area (Å²) in [6, 6.07) is 6.67. The van der Waals surface area contributed by atoms with Crippen molar-refractivity contribution in [2.75, 3.05) is 5.32 Å². The summed E-state index contributed by atoms with van der Waals surface area (Å²) in [5.74, 6) is 0. The van der Waals surface area contributed by atoms with Crippen LogP contribution in [0.15, 0.2) is 18.2 Å². The molecule has 0 saturated heterocycles. The van der Waals surface area contributed by atoms with E-state index in [0.29, 0.717) is 6.04 Å². The molecule has 1 unspecified atom stereocenters. The highest BCUT2D eigenvalue weighted by atomic mass is 35.5. The average Bonchev–Trinajstić information content (AvgIpc) is 2.74. The van der Waals surface area contributed by atoms with Gasteiger partial charge in [0.1, 0.15) is 0 Å². The molecule has 4 heteroatoms. The Kier molecular flexibility index (Phi) is 3.50. The summed E-state index contributed by atoms with van der Waals surface area (Å²) >= 11 is 7.87. The molecule has 0 radical (unpaired) electrons. The molecule has 0 spiro atoms. The first kappa shape index (κ1) is 12.9. The Morgan fingerprint density at radius 3 is 3.00 bits per heavy atom. The second-order valence-corrected chi connectivity index (χ2v) is 6.87. The van der Waals surface area contributed by atoms with Crippen molar-refractivity contribution in [3.63, 3.8) is 0 Å². The van der Waals surface area contributed by atoms with Crippen LogP contribution < -0.4 is 5.32 Å². The molecule has 1 atom stereocenters. The molecule has 19 heavy (non-hydrogen) atoms.